The van der Waals surface area contributed by atoms with Crippen LogP contribution in [0.1, 0.15) is 31.0 Å². The Labute approximate surface area is 217 Å². The molecule has 1 N–H and O–H groups in total. The van der Waals surface area contributed by atoms with E-state index in [9.17, 15) is 23.1 Å². The second-order valence-electron chi connectivity index (χ2n) is 8.27. The van der Waals surface area contributed by atoms with Gasteiger partial charge >= 0.3 is 0 Å². The van der Waals surface area contributed by atoms with E-state index in [2.05, 4.69) is 6.58 Å². The molecular weight excluding hydrogens is 496 g/mol. The Morgan fingerprint density at radius 2 is 1.70 bits per heavy atom. The van der Waals surface area contributed by atoms with Crippen LogP contribution >= 0.6 is 0 Å². The minimum absolute atomic E-state index is 0.0694. The summed E-state index contributed by atoms with van der Waals surface area (Å²) >= 11 is 0. The van der Waals surface area contributed by atoms with Crippen LogP contribution in [-0.2, 0) is 24.3 Å². The van der Waals surface area contributed by atoms with Gasteiger partial charge in [0.25, 0.3) is 11.7 Å². The van der Waals surface area contributed by atoms with E-state index in [0.717, 1.165) is 0 Å². The summed E-state index contributed by atoms with van der Waals surface area (Å²) in [7, 11) is -2.20. The summed E-state index contributed by atoms with van der Waals surface area (Å²) in [6, 6.07) is 11.6. The summed E-state index contributed by atoms with van der Waals surface area (Å²) < 4.78 is 37.6. The van der Waals surface area contributed by atoms with Gasteiger partial charge in [0.2, 0.25) is 10.0 Å². The highest BCUT2D eigenvalue weighted by atomic mass is 32.2. The van der Waals surface area contributed by atoms with E-state index in [1.807, 2.05) is 0 Å². The SMILES string of the molecule is C=CCOc1ccc(C2/C(=C(/O)c3ccc(S(=O)(=O)N(CC)CC)cc3)C(=O)C(=O)N2CCOC)cc1. The minimum Gasteiger partial charge on any atom is -0.507 e. The maximum Gasteiger partial charge on any atom is 0.295 e. The lowest BCUT2D eigenvalue weighted by Crippen LogP contribution is -2.32. The van der Waals surface area contributed by atoms with Crippen molar-refractivity contribution in [1.29, 1.82) is 0 Å². The maximum atomic E-state index is 13.1. The van der Waals surface area contributed by atoms with Crippen molar-refractivity contribution >= 4 is 27.5 Å². The van der Waals surface area contributed by atoms with Gasteiger partial charge < -0.3 is 19.5 Å². The smallest absolute Gasteiger partial charge is 0.295 e. The second-order valence-corrected chi connectivity index (χ2v) is 10.2. The Morgan fingerprint density at radius 1 is 1.08 bits per heavy atom. The Bertz CT molecular complexity index is 1260. The lowest BCUT2D eigenvalue weighted by atomic mass is 9.95. The number of amides is 1. The normalized spacial score (nSPS) is 17.4. The molecular formula is C27H32N2O7S. The summed E-state index contributed by atoms with van der Waals surface area (Å²) in [5, 5.41) is 11.2. The fraction of sp³-hybridized carbons (Fsp3) is 0.333. The van der Waals surface area contributed by atoms with Gasteiger partial charge in [-0.05, 0) is 42.0 Å². The van der Waals surface area contributed by atoms with E-state index in [1.165, 1.54) is 40.6 Å². The van der Waals surface area contributed by atoms with E-state index in [1.54, 1.807) is 44.2 Å². The fourth-order valence-electron chi connectivity index (χ4n) is 4.20. The van der Waals surface area contributed by atoms with Crippen molar-refractivity contribution in [2.45, 2.75) is 24.8 Å². The number of aliphatic hydroxyl groups is 1. The number of sulfonamides is 1. The number of nitrogens with zero attached hydrogens (tertiary/aromatic N) is 2. The molecule has 2 aromatic carbocycles. The number of ketones is 1. The molecule has 0 saturated carbocycles. The van der Waals surface area contributed by atoms with Crippen LogP contribution in [0.25, 0.3) is 5.76 Å². The summed E-state index contributed by atoms with van der Waals surface area (Å²) in [6.07, 6.45) is 1.62. The van der Waals surface area contributed by atoms with Crippen molar-refractivity contribution in [2.24, 2.45) is 0 Å². The van der Waals surface area contributed by atoms with Crippen LogP contribution in [0.4, 0.5) is 0 Å². The van der Waals surface area contributed by atoms with Crippen LogP contribution in [0.3, 0.4) is 0 Å². The molecule has 0 bridgehead atoms. The molecule has 1 unspecified atom stereocenters. The van der Waals surface area contributed by atoms with Gasteiger partial charge in [-0.25, -0.2) is 8.42 Å². The van der Waals surface area contributed by atoms with Crippen LogP contribution in [0.5, 0.6) is 5.75 Å². The summed E-state index contributed by atoms with van der Waals surface area (Å²) in [5.74, 6) is -1.38. The number of benzene rings is 2. The van der Waals surface area contributed by atoms with Crippen LogP contribution in [-0.4, -0.2) is 74.4 Å². The predicted octanol–water partition coefficient (Wildman–Crippen LogP) is 3.35. The monoisotopic (exact) mass is 528 g/mol. The zero-order valence-electron chi connectivity index (χ0n) is 21.2. The number of carbonyl (C=O) groups excluding carboxylic acids is 2. The first-order valence-electron chi connectivity index (χ1n) is 11.9. The third-order valence-electron chi connectivity index (χ3n) is 6.11. The average molecular weight is 529 g/mol. The van der Waals surface area contributed by atoms with Crippen molar-refractivity contribution in [3.63, 3.8) is 0 Å². The van der Waals surface area contributed by atoms with E-state index in [0.29, 0.717) is 31.0 Å². The van der Waals surface area contributed by atoms with Crippen LogP contribution in [0.2, 0.25) is 0 Å². The molecule has 1 fully saturated rings. The van der Waals surface area contributed by atoms with Gasteiger partial charge in [-0.3, -0.25) is 9.59 Å². The predicted molar refractivity (Wildman–Crippen MR) is 140 cm³/mol. The molecule has 1 aliphatic heterocycles. The number of Topliss-reactive ketones (excluding diaryl/α,β-unsaturated/α-hetero) is 1. The van der Waals surface area contributed by atoms with Crippen molar-refractivity contribution in [2.75, 3.05) is 40.0 Å². The topological polar surface area (TPSA) is 113 Å². The molecule has 1 amide bonds. The Morgan fingerprint density at radius 3 is 2.24 bits per heavy atom. The number of hydrogen-bond acceptors (Lipinski definition) is 7. The largest absolute Gasteiger partial charge is 0.507 e. The van der Waals surface area contributed by atoms with Crippen LogP contribution in [0.15, 0.2) is 71.7 Å². The maximum absolute atomic E-state index is 13.1. The quantitative estimate of drug-likeness (QED) is 0.195. The van der Waals surface area contributed by atoms with Crippen molar-refractivity contribution in [3.8, 4) is 5.75 Å². The first-order chi connectivity index (χ1) is 17.7. The molecule has 0 radical (unpaired) electrons. The average Bonchev–Trinajstić information content (AvgIpc) is 3.16. The number of carbonyl (C=O) groups is 2. The van der Waals surface area contributed by atoms with E-state index >= 15 is 0 Å². The van der Waals surface area contributed by atoms with Gasteiger partial charge in [0.1, 0.15) is 18.1 Å². The first-order valence-corrected chi connectivity index (χ1v) is 13.4. The number of rotatable bonds is 12. The van der Waals surface area contributed by atoms with E-state index in [-0.39, 0.29) is 34.9 Å². The van der Waals surface area contributed by atoms with Crippen molar-refractivity contribution < 1.29 is 32.6 Å². The molecule has 0 aromatic heterocycles. The van der Waals surface area contributed by atoms with Crippen LogP contribution in [0, 0.1) is 0 Å². The Kier molecular flexibility index (Phi) is 9.25. The molecule has 37 heavy (non-hydrogen) atoms. The zero-order chi connectivity index (χ0) is 27.2. The molecule has 1 heterocycles. The highest BCUT2D eigenvalue weighted by Gasteiger charge is 2.45. The molecule has 2 aromatic rings. The van der Waals surface area contributed by atoms with Crippen molar-refractivity contribution in [1.82, 2.24) is 9.21 Å². The number of methoxy groups -OCH3 is 1. The highest BCUT2D eigenvalue weighted by molar-refractivity contribution is 7.89. The van der Waals surface area contributed by atoms with E-state index < -0.39 is 27.8 Å². The minimum atomic E-state index is -3.69. The zero-order valence-corrected chi connectivity index (χ0v) is 22.0. The summed E-state index contributed by atoms with van der Waals surface area (Å²) in [6.45, 7) is 8.42. The first kappa shape index (κ1) is 28.1. The lowest BCUT2D eigenvalue weighted by Gasteiger charge is -2.25. The van der Waals surface area contributed by atoms with Gasteiger partial charge in [0, 0.05) is 32.3 Å². The summed E-state index contributed by atoms with van der Waals surface area (Å²) in [5.41, 5.74) is 0.739. The van der Waals surface area contributed by atoms with Gasteiger partial charge in [-0.1, -0.05) is 38.6 Å². The van der Waals surface area contributed by atoms with E-state index in [4.69, 9.17) is 9.47 Å². The fourth-order valence-corrected chi connectivity index (χ4v) is 5.66. The number of aliphatic hydroxyl groups excluding tert-OH is 1. The Hall–Kier alpha value is -3.47. The Balaban J connectivity index is 2.06. The molecule has 1 saturated heterocycles. The molecule has 1 aliphatic rings. The van der Waals surface area contributed by atoms with Gasteiger partial charge in [-0.2, -0.15) is 4.31 Å². The number of likely N-dealkylation sites (tertiary alicyclic amines) is 1. The third kappa shape index (κ3) is 5.76. The summed E-state index contributed by atoms with van der Waals surface area (Å²) in [4.78, 5) is 27.4. The third-order valence-corrected chi connectivity index (χ3v) is 8.18. The molecule has 9 nitrogen and oxygen atoms in total. The number of ether oxygens (including phenoxy) is 2. The molecule has 10 heteroatoms. The van der Waals surface area contributed by atoms with Crippen molar-refractivity contribution in [3.05, 3.63) is 77.9 Å². The standard InChI is InChI=1S/C27H32N2O7S/c1-5-17-36-21-12-8-19(9-13-21)24-23(26(31)27(32)29(24)16-18-35-4)25(30)20-10-14-22(15-11-20)37(33,34)28(6-2)7-3/h5,8-15,24,30H,1,6-7,16-18H2,2-4H3/b25-23-. The molecule has 0 spiro atoms. The molecule has 1 atom stereocenters. The van der Waals surface area contributed by atoms with Gasteiger partial charge in [-0.15, -0.1) is 0 Å². The highest BCUT2D eigenvalue weighted by Crippen LogP contribution is 2.39. The molecule has 3 rings (SSSR count). The van der Waals surface area contributed by atoms with Crippen LogP contribution < -0.4 is 4.74 Å². The molecule has 198 valence electrons. The number of hydrogen-bond donors (Lipinski definition) is 1. The second kappa shape index (κ2) is 12.2. The van der Waals surface area contributed by atoms with Gasteiger partial charge in [0.05, 0.1) is 23.1 Å². The lowest BCUT2D eigenvalue weighted by molar-refractivity contribution is -0.140. The van der Waals surface area contributed by atoms with Gasteiger partial charge in [0.15, 0.2) is 0 Å². The molecule has 0 aliphatic carbocycles.